The second-order valence-corrected chi connectivity index (χ2v) is 7.82. The molecule has 0 atom stereocenters. The lowest BCUT2D eigenvalue weighted by atomic mass is 10.2. The summed E-state index contributed by atoms with van der Waals surface area (Å²) in [5.74, 6) is -0.0444. The number of carbonyl (C=O) groups excluding carboxylic acids is 2. The van der Waals surface area contributed by atoms with Crippen molar-refractivity contribution in [2.75, 3.05) is 26.8 Å². The van der Waals surface area contributed by atoms with Crippen molar-refractivity contribution < 1.29 is 14.3 Å². The summed E-state index contributed by atoms with van der Waals surface area (Å²) in [5.41, 5.74) is 2.27. The molecule has 5 nitrogen and oxygen atoms in total. The topological polar surface area (TPSA) is 49.9 Å². The molecule has 0 radical (unpaired) electrons. The molecule has 0 spiro atoms. The van der Waals surface area contributed by atoms with Crippen molar-refractivity contribution in [1.82, 2.24) is 9.80 Å². The van der Waals surface area contributed by atoms with Crippen LogP contribution in [0.25, 0.3) is 0 Å². The summed E-state index contributed by atoms with van der Waals surface area (Å²) in [6.07, 6.45) is 1.21. The van der Waals surface area contributed by atoms with Gasteiger partial charge in [0.05, 0.1) is 19.7 Å². The zero-order chi connectivity index (χ0) is 20.4. The Labute approximate surface area is 171 Å². The van der Waals surface area contributed by atoms with E-state index in [1.54, 1.807) is 23.3 Å². The van der Waals surface area contributed by atoms with E-state index in [4.69, 9.17) is 4.74 Å². The molecule has 0 fully saturated rings. The largest absolute Gasteiger partial charge is 0.383 e. The predicted octanol–water partition coefficient (Wildman–Crippen LogP) is 3.86. The second kappa shape index (κ2) is 11.6. The van der Waals surface area contributed by atoms with Crippen molar-refractivity contribution in [3.8, 4) is 0 Å². The van der Waals surface area contributed by atoms with E-state index in [2.05, 4.69) is 13.0 Å². The molecule has 2 rings (SSSR count). The number of benzene rings is 1. The third-order valence-corrected chi connectivity index (χ3v) is 5.59. The van der Waals surface area contributed by atoms with Gasteiger partial charge in [-0.2, -0.15) is 0 Å². The molecule has 152 valence electrons. The van der Waals surface area contributed by atoms with Gasteiger partial charge in [0.25, 0.3) is 0 Å². The maximum atomic E-state index is 13.2. The highest BCUT2D eigenvalue weighted by molar-refractivity contribution is 7.10. The molecule has 2 aromatic rings. The van der Waals surface area contributed by atoms with Crippen LogP contribution in [0.2, 0.25) is 0 Å². The summed E-state index contributed by atoms with van der Waals surface area (Å²) in [7, 11) is 1.60. The normalized spacial score (nSPS) is 10.7. The molecule has 1 heterocycles. The zero-order valence-electron chi connectivity index (χ0n) is 17.0. The van der Waals surface area contributed by atoms with E-state index in [9.17, 15) is 9.59 Å². The standard InChI is InChI=1S/C22H30N2O3S/c1-4-8-21(25)23(12-13-27-3)17-22(26)24(15-19-9-6-5-7-10-19)16-20-18(2)11-14-28-20/h5-7,9-11,14H,4,8,12-13,15-17H2,1-3H3. The van der Waals surface area contributed by atoms with E-state index < -0.39 is 0 Å². The second-order valence-electron chi connectivity index (χ2n) is 6.82. The Bertz CT molecular complexity index is 745. The Hall–Kier alpha value is -2.18. The summed E-state index contributed by atoms with van der Waals surface area (Å²) in [6.45, 7) is 6.04. The molecule has 0 aliphatic carbocycles. The number of amides is 2. The first-order valence-electron chi connectivity index (χ1n) is 9.66. The summed E-state index contributed by atoms with van der Waals surface area (Å²) >= 11 is 1.66. The van der Waals surface area contributed by atoms with Crippen molar-refractivity contribution in [1.29, 1.82) is 0 Å². The average Bonchev–Trinajstić information content (AvgIpc) is 3.10. The molecule has 0 aliphatic rings. The Morgan fingerprint density at radius 3 is 2.39 bits per heavy atom. The number of thiophene rings is 1. The zero-order valence-corrected chi connectivity index (χ0v) is 17.8. The minimum atomic E-state index is -0.0443. The van der Waals surface area contributed by atoms with Gasteiger partial charge in [-0.25, -0.2) is 0 Å². The number of hydrogen-bond donors (Lipinski definition) is 0. The minimum Gasteiger partial charge on any atom is -0.383 e. The van der Waals surface area contributed by atoms with Crippen LogP contribution >= 0.6 is 11.3 Å². The Morgan fingerprint density at radius 2 is 1.79 bits per heavy atom. The fourth-order valence-electron chi connectivity index (χ4n) is 2.90. The van der Waals surface area contributed by atoms with E-state index in [1.165, 1.54) is 10.4 Å². The number of rotatable bonds is 11. The van der Waals surface area contributed by atoms with Crippen LogP contribution < -0.4 is 0 Å². The van der Waals surface area contributed by atoms with Crippen LogP contribution in [0, 0.1) is 6.92 Å². The van der Waals surface area contributed by atoms with Gasteiger partial charge in [-0.3, -0.25) is 9.59 Å². The van der Waals surface area contributed by atoms with Crippen molar-refractivity contribution in [3.05, 3.63) is 57.8 Å². The lowest BCUT2D eigenvalue weighted by Gasteiger charge is -2.28. The molecule has 1 aromatic heterocycles. The smallest absolute Gasteiger partial charge is 0.242 e. The van der Waals surface area contributed by atoms with E-state index in [-0.39, 0.29) is 18.4 Å². The molecule has 0 saturated heterocycles. The third kappa shape index (κ3) is 6.77. The molecule has 0 aliphatic heterocycles. The maximum absolute atomic E-state index is 13.2. The molecule has 0 unspecified atom stereocenters. The van der Waals surface area contributed by atoms with Gasteiger partial charge in [0.2, 0.25) is 11.8 Å². The number of carbonyl (C=O) groups is 2. The lowest BCUT2D eigenvalue weighted by molar-refractivity contribution is -0.141. The fourth-order valence-corrected chi connectivity index (χ4v) is 3.82. The molecule has 1 aromatic carbocycles. The van der Waals surface area contributed by atoms with Gasteiger partial charge in [0.1, 0.15) is 0 Å². The number of aryl methyl sites for hydroxylation is 1. The molecule has 0 bridgehead atoms. The highest BCUT2D eigenvalue weighted by atomic mass is 32.1. The van der Waals surface area contributed by atoms with E-state index in [1.807, 2.05) is 47.5 Å². The molecular formula is C22H30N2O3S. The van der Waals surface area contributed by atoms with Crippen LogP contribution in [0.15, 0.2) is 41.8 Å². The van der Waals surface area contributed by atoms with Crippen LogP contribution in [0.5, 0.6) is 0 Å². The van der Waals surface area contributed by atoms with E-state index in [0.29, 0.717) is 32.7 Å². The van der Waals surface area contributed by atoms with Gasteiger partial charge in [-0.1, -0.05) is 37.3 Å². The number of methoxy groups -OCH3 is 1. The van der Waals surface area contributed by atoms with Crippen molar-refractivity contribution in [2.45, 2.75) is 39.8 Å². The molecule has 0 N–H and O–H groups in total. The van der Waals surface area contributed by atoms with Crippen LogP contribution in [0.4, 0.5) is 0 Å². The number of hydrogen-bond acceptors (Lipinski definition) is 4. The first-order valence-corrected chi connectivity index (χ1v) is 10.5. The number of ether oxygens (including phenoxy) is 1. The first-order chi connectivity index (χ1) is 13.5. The first kappa shape index (κ1) is 22.1. The Kier molecular flexibility index (Phi) is 9.17. The summed E-state index contributed by atoms with van der Waals surface area (Å²) < 4.78 is 5.12. The molecule has 2 amide bonds. The van der Waals surface area contributed by atoms with E-state index >= 15 is 0 Å². The Morgan fingerprint density at radius 1 is 1.04 bits per heavy atom. The van der Waals surface area contributed by atoms with Gasteiger partial charge in [-0.05, 0) is 35.9 Å². The molecule has 28 heavy (non-hydrogen) atoms. The monoisotopic (exact) mass is 402 g/mol. The fraction of sp³-hybridized carbons (Fsp3) is 0.455. The molecule has 0 saturated carbocycles. The van der Waals surface area contributed by atoms with Gasteiger partial charge in [0, 0.05) is 31.5 Å². The summed E-state index contributed by atoms with van der Waals surface area (Å²) in [4.78, 5) is 30.2. The van der Waals surface area contributed by atoms with Gasteiger partial charge >= 0.3 is 0 Å². The van der Waals surface area contributed by atoms with E-state index in [0.717, 1.165) is 12.0 Å². The van der Waals surface area contributed by atoms with Crippen LogP contribution in [-0.2, 0) is 27.4 Å². The summed E-state index contributed by atoms with van der Waals surface area (Å²) in [5, 5.41) is 2.05. The van der Waals surface area contributed by atoms with Crippen molar-refractivity contribution in [3.63, 3.8) is 0 Å². The molecule has 6 heteroatoms. The quantitative estimate of drug-likeness (QED) is 0.573. The summed E-state index contributed by atoms with van der Waals surface area (Å²) in [6, 6.07) is 12.0. The van der Waals surface area contributed by atoms with Crippen LogP contribution in [0.3, 0.4) is 0 Å². The van der Waals surface area contributed by atoms with Gasteiger partial charge < -0.3 is 14.5 Å². The predicted molar refractivity (Wildman–Crippen MR) is 113 cm³/mol. The molecular weight excluding hydrogens is 372 g/mol. The van der Waals surface area contributed by atoms with Crippen molar-refractivity contribution >= 4 is 23.2 Å². The van der Waals surface area contributed by atoms with Gasteiger partial charge in [-0.15, -0.1) is 11.3 Å². The Balaban J connectivity index is 2.15. The average molecular weight is 403 g/mol. The third-order valence-electron chi connectivity index (χ3n) is 4.58. The highest BCUT2D eigenvalue weighted by Gasteiger charge is 2.22. The maximum Gasteiger partial charge on any atom is 0.242 e. The SMILES string of the molecule is CCCC(=O)N(CCOC)CC(=O)N(Cc1ccccc1)Cc1sccc1C. The highest BCUT2D eigenvalue weighted by Crippen LogP contribution is 2.19. The minimum absolute atomic E-state index is 0.000125. The number of nitrogens with zero attached hydrogens (tertiary/aromatic N) is 2. The van der Waals surface area contributed by atoms with Gasteiger partial charge in [0.15, 0.2) is 0 Å². The van der Waals surface area contributed by atoms with Crippen molar-refractivity contribution in [2.24, 2.45) is 0 Å². The lowest BCUT2D eigenvalue weighted by Crippen LogP contribution is -2.43. The van der Waals surface area contributed by atoms with Crippen LogP contribution in [0.1, 0.15) is 35.8 Å². The van der Waals surface area contributed by atoms with Crippen LogP contribution in [-0.4, -0.2) is 48.4 Å².